The largest absolute Gasteiger partial charge is 0.468 e. The molecule has 14 heavy (non-hydrogen) atoms. The molecule has 1 saturated heterocycles. The van der Waals surface area contributed by atoms with Crippen LogP contribution < -0.4 is 5.32 Å². The van der Waals surface area contributed by atoms with Crippen LogP contribution in [0.25, 0.3) is 0 Å². The van der Waals surface area contributed by atoms with Gasteiger partial charge in [-0.2, -0.15) is 0 Å². The van der Waals surface area contributed by atoms with E-state index in [0.29, 0.717) is 6.04 Å². The number of rotatable bonds is 4. The molecule has 0 radical (unpaired) electrons. The molecule has 2 atom stereocenters. The molecule has 1 rings (SSSR count). The fourth-order valence-corrected chi connectivity index (χ4v) is 1.81. The summed E-state index contributed by atoms with van der Waals surface area (Å²) in [5.74, 6) is -0.189. The summed E-state index contributed by atoms with van der Waals surface area (Å²) in [5, 5.41) is 3.19. The standard InChI is InChI=1S/C10H20N2O2/c1-8(10(13)14-3)11-7-9-5-4-6-12(9)2/h8-9,11H,4-7H2,1-3H3. The van der Waals surface area contributed by atoms with E-state index in [1.807, 2.05) is 6.92 Å². The number of esters is 1. The van der Waals surface area contributed by atoms with Crippen molar-refractivity contribution in [1.29, 1.82) is 0 Å². The van der Waals surface area contributed by atoms with Crippen LogP contribution in [-0.4, -0.2) is 50.2 Å². The smallest absolute Gasteiger partial charge is 0.322 e. The van der Waals surface area contributed by atoms with E-state index in [1.54, 1.807) is 0 Å². The fraction of sp³-hybridized carbons (Fsp3) is 0.900. The highest BCUT2D eigenvalue weighted by atomic mass is 16.5. The van der Waals surface area contributed by atoms with Gasteiger partial charge in [-0.15, -0.1) is 0 Å². The first-order valence-electron chi connectivity index (χ1n) is 5.16. The summed E-state index contributed by atoms with van der Waals surface area (Å²) in [7, 11) is 3.55. The van der Waals surface area contributed by atoms with E-state index in [9.17, 15) is 4.79 Å². The first kappa shape index (κ1) is 11.5. The van der Waals surface area contributed by atoms with Gasteiger partial charge in [0.2, 0.25) is 0 Å². The summed E-state index contributed by atoms with van der Waals surface area (Å²) < 4.78 is 4.64. The Hall–Kier alpha value is -0.610. The van der Waals surface area contributed by atoms with Gasteiger partial charge in [-0.05, 0) is 33.4 Å². The van der Waals surface area contributed by atoms with Crippen molar-refractivity contribution >= 4 is 5.97 Å². The summed E-state index contributed by atoms with van der Waals surface area (Å²) in [6.07, 6.45) is 2.48. The van der Waals surface area contributed by atoms with E-state index < -0.39 is 0 Å². The second-order valence-corrected chi connectivity index (χ2v) is 3.93. The van der Waals surface area contributed by atoms with Crippen molar-refractivity contribution in [3.63, 3.8) is 0 Å². The van der Waals surface area contributed by atoms with Gasteiger partial charge in [0.1, 0.15) is 6.04 Å². The quantitative estimate of drug-likeness (QED) is 0.660. The van der Waals surface area contributed by atoms with E-state index in [-0.39, 0.29) is 12.0 Å². The molecule has 0 aromatic heterocycles. The minimum Gasteiger partial charge on any atom is -0.468 e. The number of nitrogens with one attached hydrogen (secondary N) is 1. The average molecular weight is 200 g/mol. The topological polar surface area (TPSA) is 41.6 Å². The van der Waals surface area contributed by atoms with Crippen molar-refractivity contribution in [2.45, 2.75) is 31.8 Å². The second-order valence-electron chi connectivity index (χ2n) is 3.93. The molecule has 1 aliphatic heterocycles. The highest BCUT2D eigenvalue weighted by molar-refractivity contribution is 5.75. The summed E-state index contributed by atoms with van der Waals surface area (Å²) in [4.78, 5) is 13.4. The van der Waals surface area contributed by atoms with Gasteiger partial charge in [0, 0.05) is 12.6 Å². The molecular weight excluding hydrogens is 180 g/mol. The highest BCUT2D eigenvalue weighted by Gasteiger charge is 2.22. The summed E-state index contributed by atoms with van der Waals surface area (Å²) in [6, 6.07) is 0.371. The molecule has 0 aliphatic carbocycles. The molecule has 4 nitrogen and oxygen atoms in total. The normalized spacial score (nSPS) is 24.9. The Balaban J connectivity index is 2.22. The van der Waals surface area contributed by atoms with Crippen LogP contribution >= 0.6 is 0 Å². The van der Waals surface area contributed by atoms with E-state index >= 15 is 0 Å². The minimum atomic E-state index is -0.200. The number of hydrogen-bond acceptors (Lipinski definition) is 4. The molecule has 0 spiro atoms. The van der Waals surface area contributed by atoms with Crippen molar-refractivity contribution in [2.24, 2.45) is 0 Å². The zero-order chi connectivity index (χ0) is 10.6. The first-order chi connectivity index (χ1) is 6.65. The van der Waals surface area contributed by atoms with Crippen LogP contribution in [-0.2, 0) is 9.53 Å². The van der Waals surface area contributed by atoms with E-state index in [1.165, 1.54) is 26.5 Å². The summed E-state index contributed by atoms with van der Waals surface area (Å²) >= 11 is 0. The van der Waals surface area contributed by atoms with Crippen LogP contribution in [0.4, 0.5) is 0 Å². The average Bonchev–Trinajstić information content (AvgIpc) is 2.59. The summed E-state index contributed by atoms with van der Waals surface area (Å²) in [6.45, 7) is 3.87. The molecule has 1 aliphatic rings. The molecule has 82 valence electrons. The molecule has 2 unspecified atom stereocenters. The lowest BCUT2D eigenvalue weighted by molar-refractivity contribution is -0.142. The number of hydrogen-bond donors (Lipinski definition) is 1. The van der Waals surface area contributed by atoms with Gasteiger partial charge in [0.15, 0.2) is 0 Å². The summed E-state index contributed by atoms with van der Waals surface area (Å²) in [5.41, 5.74) is 0. The van der Waals surface area contributed by atoms with Crippen LogP contribution in [0.15, 0.2) is 0 Å². The predicted molar refractivity (Wildman–Crippen MR) is 55.1 cm³/mol. The Morgan fingerprint density at radius 2 is 2.43 bits per heavy atom. The second kappa shape index (κ2) is 5.32. The molecule has 0 saturated carbocycles. The van der Waals surface area contributed by atoms with Gasteiger partial charge in [-0.25, -0.2) is 0 Å². The molecule has 0 amide bonds. The molecule has 1 fully saturated rings. The third kappa shape index (κ3) is 2.96. The molecular formula is C10H20N2O2. The lowest BCUT2D eigenvalue weighted by Crippen LogP contribution is -2.42. The fourth-order valence-electron chi connectivity index (χ4n) is 1.81. The zero-order valence-corrected chi connectivity index (χ0v) is 9.25. The Labute approximate surface area is 85.6 Å². The maximum absolute atomic E-state index is 11.1. The maximum atomic E-state index is 11.1. The first-order valence-corrected chi connectivity index (χ1v) is 5.16. The van der Waals surface area contributed by atoms with Gasteiger partial charge < -0.3 is 15.0 Å². The molecule has 1 N–H and O–H groups in total. The van der Waals surface area contributed by atoms with Gasteiger partial charge in [-0.3, -0.25) is 4.79 Å². The molecule has 4 heteroatoms. The van der Waals surface area contributed by atoms with E-state index in [0.717, 1.165) is 6.54 Å². The van der Waals surface area contributed by atoms with Gasteiger partial charge in [0.05, 0.1) is 7.11 Å². The number of methoxy groups -OCH3 is 1. The Morgan fingerprint density at radius 3 is 2.93 bits per heavy atom. The van der Waals surface area contributed by atoms with Crippen LogP contribution in [0, 0.1) is 0 Å². The van der Waals surface area contributed by atoms with Crippen molar-refractivity contribution in [3.8, 4) is 0 Å². The SMILES string of the molecule is COC(=O)C(C)NCC1CCCN1C. The molecule has 0 aromatic carbocycles. The third-order valence-corrected chi connectivity index (χ3v) is 2.89. The number of likely N-dealkylation sites (N-methyl/N-ethyl adjacent to an activating group) is 1. The van der Waals surface area contributed by atoms with Gasteiger partial charge in [0.25, 0.3) is 0 Å². The zero-order valence-electron chi connectivity index (χ0n) is 9.25. The number of nitrogens with zero attached hydrogens (tertiary/aromatic N) is 1. The lowest BCUT2D eigenvalue weighted by atomic mass is 10.2. The van der Waals surface area contributed by atoms with Gasteiger partial charge >= 0.3 is 5.97 Å². The predicted octanol–water partition coefficient (Wildman–Crippen LogP) is 0.232. The number of carbonyl (C=O) groups excluding carboxylic acids is 1. The maximum Gasteiger partial charge on any atom is 0.322 e. The Kier molecular flexibility index (Phi) is 4.35. The Morgan fingerprint density at radius 1 is 1.71 bits per heavy atom. The van der Waals surface area contributed by atoms with Crippen molar-refractivity contribution < 1.29 is 9.53 Å². The lowest BCUT2D eigenvalue weighted by Gasteiger charge is -2.21. The molecule has 1 heterocycles. The minimum absolute atomic E-state index is 0.189. The van der Waals surface area contributed by atoms with E-state index in [4.69, 9.17) is 0 Å². The van der Waals surface area contributed by atoms with E-state index in [2.05, 4.69) is 22.0 Å². The third-order valence-electron chi connectivity index (χ3n) is 2.89. The Bertz CT molecular complexity index is 197. The van der Waals surface area contributed by atoms with Crippen LogP contribution in [0.2, 0.25) is 0 Å². The number of ether oxygens (including phenoxy) is 1. The van der Waals surface area contributed by atoms with Crippen LogP contribution in [0.3, 0.4) is 0 Å². The van der Waals surface area contributed by atoms with Crippen LogP contribution in [0.5, 0.6) is 0 Å². The number of likely N-dealkylation sites (tertiary alicyclic amines) is 1. The van der Waals surface area contributed by atoms with Crippen molar-refractivity contribution in [2.75, 3.05) is 27.2 Å². The van der Waals surface area contributed by atoms with Crippen molar-refractivity contribution in [1.82, 2.24) is 10.2 Å². The van der Waals surface area contributed by atoms with Gasteiger partial charge in [-0.1, -0.05) is 0 Å². The van der Waals surface area contributed by atoms with Crippen molar-refractivity contribution in [3.05, 3.63) is 0 Å². The number of carbonyl (C=O) groups is 1. The van der Waals surface area contributed by atoms with Crippen LogP contribution in [0.1, 0.15) is 19.8 Å². The molecule has 0 aromatic rings. The highest BCUT2D eigenvalue weighted by Crippen LogP contribution is 2.13. The molecule has 0 bridgehead atoms. The monoisotopic (exact) mass is 200 g/mol.